The smallest absolute Gasteiger partial charge is 0.0224 e. The lowest BCUT2D eigenvalue weighted by atomic mass is 9.84. The summed E-state index contributed by atoms with van der Waals surface area (Å²) < 4.78 is 0. The van der Waals surface area contributed by atoms with Crippen molar-refractivity contribution in [2.75, 3.05) is 32.7 Å². The summed E-state index contributed by atoms with van der Waals surface area (Å²) in [7, 11) is 0. The van der Waals surface area contributed by atoms with E-state index in [1.165, 1.54) is 51.9 Å². The Morgan fingerprint density at radius 2 is 2.11 bits per heavy atom. The van der Waals surface area contributed by atoms with E-state index in [1.807, 2.05) is 0 Å². The average Bonchev–Trinajstić information content (AvgIpc) is 2.77. The molecule has 0 saturated carbocycles. The molecule has 2 fully saturated rings. The van der Waals surface area contributed by atoms with Crippen LogP contribution in [-0.2, 0) is 0 Å². The molecule has 2 rings (SSSR count). The molecule has 0 aliphatic carbocycles. The van der Waals surface area contributed by atoms with E-state index < -0.39 is 0 Å². The molecule has 3 nitrogen and oxygen atoms in total. The van der Waals surface area contributed by atoms with Crippen molar-refractivity contribution in [2.45, 2.75) is 58.5 Å². The number of fused-ring (bicyclic) bond motifs is 1. The Balaban J connectivity index is 1.95. The normalized spacial score (nSPS) is 33.3. The lowest BCUT2D eigenvalue weighted by molar-refractivity contribution is 0.0292. The molecule has 0 aromatic carbocycles. The van der Waals surface area contributed by atoms with Gasteiger partial charge in [-0.1, -0.05) is 20.3 Å². The summed E-state index contributed by atoms with van der Waals surface area (Å²) in [6.45, 7) is 12.9. The van der Waals surface area contributed by atoms with Crippen LogP contribution in [0.3, 0.4) is 0 Å². The lowest BCUT2D eigenvalue weighted by Gasteiger charge is -2.46. The number of hydrogen-bond donors (Lipinski definition) is 1. The largest absolute Gasteiger partial charge is 0.330 e. The lowest BCUT2D eigenvalue weighted by Crippen LogP contribution is -2.57. The second kappa shape index (κ2) is 5.89. The summed E-state index contributed by atoms with van der Waals surface area (Å²) in [5, 5.41) is 0. The van der Waals surface area contributed by atoms with Crippen LogP contribution < -0.4 is 5.73 Å². The Morgan fingerprint density at radius 1 is 1.33 bits per heavy atom. The molecule has 18 heavy (non-hydrogen) atoms. The number of piperazine rings is 1. The van der Waals surface area contributed by atoms with E-state index in [0.717, 1.165) is 12.6 Å². The monoisotopic (exact) mass is 253 g/mol. The highest BCUT2D eigenvalue weighted by molar-refractivity contribution is 4.93. The van der Waals surface area contributed by atoms with Crippen LogP contribution in [0.4, 0.5) is 0 Å². The van der Waals surface area contributed by atoms with Crippen LogP contribution in [0.5, 0.6) is 0 Å². The van der Waals surface area contributed by atoms with E-state index in [-0.39, 0.29) is 0 Å². The molecule has 2 aliphatic rings. The van der Waals surface area contributed by atoms with Gasteiger partial charge < -0.3 is 5.73 Å². The first-order valence-electron chi connectivity index (χ1n) is 7.76. The molecule has 0 aromatic rings. The third-order valence-corrected chi connectivity index (χ3v) is 5.00. The fourth-order valence-corrected chi connectivity index (χ4v) is 3.81. The molecule has 2 aliphatic heterocycles. The molecular weight excluding hydrogens is 222 g/mol. The SMILES string of the molecule is CCCC(C)(CN)CN1CC2CCCN2CC1C. The van der Waals surface area contributed by atoms with Gasteiger partial charge in [0.05, 0.1) is 0 Å². The Kier molecular flexibility index (Phi) is 4.68. The van der Waals surface area contributed by atoms with E-state index in [0.29, 0.717) is 11.5 Å². The van der Waals surface area contributed by atoms with Crippen molar-refractivity contribution >= 4 is 0 Å². The average molecular weight is 253 g/mol. The minimum atomic E-state index is 0.309. The minimum absolute atomic E-state index is 0.309. The first-order valence-corrected chi connectivity index (χ1v) is 7.76. The van der Waals surface area contributed by atoms with Crippen LogP contribution in [0.25, 0.3) is 0 Å². The van der Waals surface area contributed by atoms with Crippen LogP contribution in [-0.4, -0.2) is 54.6 Å². The van der Waals surface area contributed by atoms with Crippen LogP contribution in [0.15, 0.2) is 0 Å². The third kappa shape index (κ3) is 3.06. The second-order valence-electron chi connectivity index (χ2n) is 6.83. The van der Waals surface area contributed by atoms with E-state index in [1.54, 1.807) is 0 Å². The Labute approximate surface area is 113 Å². The number of nitrogens with two attached hydrogens (primary N) is 1. The summed E-state index contributed by atoms with van der Waals surface area (Å²) in [6.07, 6.45) is 5.29. The first kappa shape index (κ1) is 14.3. The van der Waals surface area contributed by atoms with Crippen molar-refractivity contribution in [2.24, 2.45) is 11.1 Å². The molecule has 2 heterocycles. The molecule has 2 N–H and O–H groups in total. The van der Waals surface area contributed by atoms with Crippen LogP contribution in [0.1, 0.15) is 46.5 Å². The van der Waals surface area contributed by atoms with E-state index in [4.69, 9.17) is 5.73 Å². The molecular formula is C15H31N3. The highest BCUT2D eigenvalue weighted by atomic mass is 15.3. The predicted octanol–water partition coefficient (Wildman–Crippen LogP) is 1.92. The molecule has 0 aromatic heterocycles. The Morgan fingerprint density at radius 3 is 2.78 bits per heavy atom. The van der Waals surface area contributed by atoms with E-state index in [9.17, 15) is 0 Å². The molecule has 3 heteroatoms. The second-order valence-corrected chi connectivity index (χ2v) is 6.83. The molecule has 0 amide bonds. The van der Waals surface area contributed by atoms with Gasteiger partial charge in [-0.25, -0.2) is 0 Å². The van der Waals surface area contributed by atoms with E-state index in [2.05, 4.69) is 30.6 Å². The van der Waals surface area contributed by atoms with E-state index >= 15 is 0 Å². The zero-order valence-corrected chi connectivity index (χ0v) is 12.5. The van der Waals surface area contributed by atoms with Crippen molar-refractivity contribution < 1.29 is 0 Å². The van der Waals surface area contributed by atoms with Gasteiger partial charge in [0.15, 0.2) is 0 Å². The van der Waals surface area contributed by atoms with Crippen molar-refractivity contribution in [3.05, 3.63) is 0 Å². The molecule has 0 bridgehead atoms. The molecule has 0 radical (unpaired) electrons. The maximum atomic E-state index is 6.03. The maximum Gasteiger partial charge on any atom is 0.0224 e. The summed E-state index contributed by atoms with van der Waals surface area (Å²) >= 11 is 0. The summed E-state index contributed by atoms with van der Waals surface area (Å²) in [5.41, 5.74) is 6.33. The molecule has 106 valence electrons. The van der Waals surface area contributed by atoms with Crippen molar-refractivity contribution in [1.29, 1.82) is 0 Å². The standard InChI is InChI=1S/C15H31N3/c1-4-7-15(3,11-16)12-18-10-14-6-5-8-17(14)9-13(18)2/h13-14H,4-12,16H2,1-3H3. The van der Waals surface area contributed by atoms with Gasteiger partial charge in [-0.15, -0.1) is 0 Å². The van der Waals surface area contributed by atoms with Gasteiger partial charge >= 0.3 is 0 Å². The summed E-state index contributed by atoms with van der Waals surface area (Å²) in [5.74, 6) is 0. The fourth-order valence-electron chi connectivity index (χ4n) is 3.81. The van der Waals surface area contributed by atoms with Gasteiger partial charge in [0.2, 0.25) is 0 Å². The van der Waals surface area contributed by atoms with Gasteiger partial charge in [-0.05, 0) is 44.7 Å². The molecule has 3 unspecified atom stereocenters. The van der Waals surface area contributed by atoms with Crippen LogP contribution in [0.2, 0.25) is 0 Å². The van der Waals surface area contributed by atoms with Crippen LogP contribution in [0, 0.1) is 5.41 Å². The predicted molar refractivity (Wildman–Crippen MR) is 77.7 cm³/mol. The van der Waals surface area contributed by atoms with Crippen molar-refractivity contribution in [3.63, 3.8) is 0 Å². The zero-order chi connectivity index (χ0) is 13.2. The quantitative estimate of drug-likeness (QED) is 0.812. The topological polar surface area (TPSA) is 32.5 Å². The summed E-state index contributed by atoms with van der Waals surface area (Å²) in [6, 6.07) is 1.52. The van der Waals surface area contributed by atoms with Crippen LogP contribution >= 0.6 is 0 Å². The highest BCUT2D eigenvalue weighted by Gasteiger charge is 2.36. The minimum Gasteiger partial charge on any atom is -0.330 e. The highest BCUT2D eigenvalue weighted by Crippen LogP contribution is 2.29. The summed E-state index contributed by atoms with van der Waals surface area (Å²) in [4.78, 5) is 5.40. The number of nitrogens with zero attached hydrogens (tertiary/aromatic N) is 2. The van der Waals surface area contributed by atoms with Crippen molar-refractivity contribution in [1.82, 2.24) is 9.80 Å². The zero-order valence-electron chi connectivity index (χ0n) is 12.5. The fraction of sp³-hybridized carbons (Fsp3) is 1.00. The Bertz CT molecular complexity index is 268. The number of rotatable bonds is 5. The van der Waals surface area contributed by atoms with Gasteiger partial charge in [0.25, 0.3) is 0 Å². The van der Waals surface area contributed by atoms with Gasteiger partial charge in [-0.3, -0.25) is 9.80 Å². The molecule has 3 atom stereocenters. The first-order chi connectivity index (χ1) is 8.58. The van der Waals surface area contributed by atoms with Crippen molar-refractivity contribution in [3.8, 4) is 0 Å². The third-order valence-electron chi connectivity index (χ3n) is 5.00. The van der Waals surface area contributed by atoms with Gasteiger partial charge in [0.1, 0.15) is 0 Å². The number of hydrogen-bond acceptors (Lipinski definition) is 3. The van der Waals surface area contributed by atoms with Gasteiger partial charge in [-0.2, -0.15) is 0 Å². The maximum absolute atomic E-state index is 6.03. The Hall–Kier alpha value is -0.120. The van der Waals surface area contributed by atoms with Gasteiger partial charge in [0, 0.05) is 31.7 Å². The molecule has 0 spiro atoms. The molecule has 2 saturated heterocycles.